The Morgan fingerprint density at radius 2 is 2.00 bits per heavy atom. The van der Waals surface area contributed by atoms with E-state index in [0.29, 0.717) is 49.1 Å². The molecule has 2 saturated carbocycles. The number of carbonyl (C=O) groups excluding carboxylic acids is 2. The topological polar surface area (TPSA) is 129 Å². The van der Waals surface area contributed by atoms with Crippen molar-refractivity contribution in [3.8, 4) is 11.8 Å². The maximum absolute atomic E-state index is 13.4. The highest BCUT2D eigenvalue weighted by molar-refractivity contribution is 5.98. The fourth-order valence-electron chi connectivity index (χ4n) is 5.34. The Hall–Kier alpha value is -3.86. The number of amides is 2. The molecule has 3 aliphatic rings. The first-order valence-electron chi connectivity index (χ1n) is 12.5. The lowest BCUT2D eigenvalue weighted by atomic mass is 9.86. The predicted octanol–water partition coefficient (Wildman–Crippen LogP) is 3.93. The Bertz CT molecular complexity index is 1260. The Labute approximate surface area is 209 Å². The highest BCUT2D eigenvalue weighted by Crippen LogP contribution is 2.61. The number of aryl methyl sites for hydroxylation is 1. The van der Waals surface area contributed by atoms with E-state index in [1.165, 1.54) is 0 Å². The molecule has 3 N–H and O–H groups in total. The molecule has 2 amide bonds. The molecule has 0 radical (unpaired) electrons. The standard InChI is InChI=1S/C28H29N3O5/c29-16-17-7-8-18(3-1-6-25(32)33)23(13-17)31-27(35)22-15-28(22)11-12-36-24-10-9-19(14-21(24)28)26(34)30-20-4-2-5-20/h7-10,13-14,20,22H,1-6,11-12,15H2,(H,30,34)(H,31,35)(H,32,33). The SMILES string of the molecule is N#Cc1ccc(CCCC(=O)O)c(NC(=O)C2CC23CCOc2ccc(C(=O)NC4CCC4)cc23)c1. The van der Waals surface area contributed by atoms with Crippen molar-refractivity contribution in [3.05, 3.63) is 58.7 Å². The van der Waals surface area contributed by atoms with E-state index in [1.54, 1.807) is 24.3 Å². The van der Waals surface area contributed by atoms with Crippen LogP contribution in [0.5, 0.6) is 5.75 Å². The molecule has 2 fully saturated rings. The molecular formula is C28H29N3O5. The minimum absolute atomic E-state index is 0.0343. The molecule has 2 unspecified atom stereocenters. The van der Waals surface area contributed by atoms with Gasteiger partial charge in [-0.05, 0) is 80.8 Å². The fourth-order valence-corrected chi connectivity index (χ4v) is 5.34. The predicted molar refractivity (Wildman–Crippen MR) is 132 cm³/mol. The summed E-state index contributed by atoms with van der Waals surface area (Å²) < 4.78 is 5.86. The molecular weight excluding hydrogens is 458 g/mol. The molecule has 8 heteroatoms. The first kappa shape index (κ1) is 23.9. The third kappa shape index (κ3) is 4.66. The number of hydrogen-bond acceptors (Lipinski definition) is 5. The van der Waals surface area contributed by atoms with Crippen LogP contribution in [0.2, 0.25) is 0 Å². The van der Waals surface area contributed by atoms with Gasteiger partial charge in [-0.1, -0.05) is 6.07 Å². The van der Waals surface area contributed by atoms with Crippen molar-refractivity contribution in [1.82, 2.24) is 5.32 Å². The van der Waals surface area contributed by atoms with Gasteiger partial charge in [-0.3, -0.25) is 14.4 Å². The zero-order valence-corrected chi connectivity index (χ0v) is 20.0. The van der Waals surface area contributed by atoms with Crippen LogP contribution in [0, 0.1) is 17.2 Å². The number of hydrogen-bond donors (Lipinski definition) is 3. The van der Waals surface area contributed by atoms with Gasteiger partial charge in [0.2, 0.25) is 5.91 Å². The number of fused-ring (bicyclic) bond motifs is 2. The first-order chi connectivity index (χ1) is 17.4. The molecule has 5 rings (SSSR count). The van der Waals surface area contributed by atoms with Gasteiger partial charge in [-0.15, -0.1) is 0 Å². The quantitative estimate of drug-likeness (QED) is 0.518. The summed E-state index contributed by atoms with van der Waals surface area (Å²) in [5.74, 6) is -0.653. The van der Waals surface area contributed by atoms with E-state index in [9.17, 15) is 19.6 Å². The number of benzene rings is 2. The highest BCUT2D eigenvalue weighted by atomic mass is 16.5. The van der Waals surface area contributed by atoms with Gasteiger partial charge >= 0.3 is 5.97 Å². The van der Waals surface area contributed by atoms with Crippen LogP contribution in [0.1, 0.15) is 72.0 Å². The normalized spacial score (nSPS) is 21.9. The van der Waals surface area contributed by atoms with Crippen molar-refractivity contribution in [2.24, 2.45) is 5.92 Å². The molecule has 8 nitrogen and oxygen atoms in total. The van der Waals surface area contributed by atoms with Gasteiger partial charge in [0.15, 0.2) is 0 Å². The lowest BCUT2D eigenvalue weighted by molar-refractivity contribution is -0.137. The van der Waals surface area contributed by atoms with Crippen LogP contribution < -0.4 is 15.4 Å². The van der Waals surface area contributed by atoms with Gasteiger partial charge in [0.1, 0.15) is 5.75 Å². The molecule has 2 aromatic carbocycles. The monoisotopic (exact) mass is 487 g/mol. The van der Waals surface area contributed by atoms with Crippen LogP contribution in [0.25, 0.3) is 0 Å². The number of carboxylic acid groups (broad SMARTS) is 1. The van der Waals surface area contributed by atoms with Gasteiger partial charge in [0.05, 0.1) is 18.2 Å². The van der Waals surface area contributed by atoms with E-state index in [1.807, 2.05) is 12.1 Å². The fraction of sp³-hybridized carbons (Fsp3) is 0.429. The van der Waals surface area contributed by atoms with E-state index in [0.717, 1.165) is 36.1 Å². The molecule has 1 aliphatic heterocycles. The third-order valence-corrected chi connectivity index (χ3v) is 7.75. The van der Waals surface area contributed by atoms with E-state index in [2.05, 4.69) is 16.7 Å². The lowest BCUT2D eigenvalue weighted by Crippen LogP contribution is -2.39. The smallest absolute Gasteiger partial charge is 0.303 e. The van der Waals surface area contributed by atoms with E-state index >= 15 is 0 Å². The van der Waals surface area contributed by atoms with Gasteiger partial charge < -0.3 is 20.5 Å². The molecule has 0 saturated heterocycles. The van der Waals surface area contributed by atoms with Crippen molar-refractivity contribution in [1.29, 1.82) is 5.26 Å². The summed E-state index contributed by atoms with van der Waals surface area (Å²) >= 11 is 0. The Morgan fingerprint density at radius 3 is 2.72 bits per heavy atom. The molecule has 1 heterocycles. The van der Waals surface area contributed by atoms with Crippen LogP contribution in [0.4, 0.5) is 5.69 Å². The first-order valence-corrected chi connectivity index (χ1v) is 12.5. The zero-order chi connectivity index (χ0) is 25.3. The van der Waals surface area contributed by atoms with Crippen LogP contribution in [-0.2, 0) is 21.4 Å². The summed E-state index contributed by atoms with van der Waals surface area (Å²) in [6.45, 7) is 0.509. The van der Waals surface area contributed by atoms with Crippen molar-refractivity contribution in [2.45, 2.75) is 62.8 Å². The Morgan fingerprint density at radius 1 is 1.17 bits per heavy atom. The molecule has 1 spiro atoms. The molecule has 36 heavy (non-hydrogen) atoms. The summed E-state index contributed by atoms with van der Waals surface area (Å²) in [5, 5.41) is 24.4. The molecule has 2 aliphatic carbocycles. The second-order valence-electron chi connectivity index (χ2n) is 10.0. The number of carbonyl (C=O) groups is 3. The Kier molecular flexibility index (Phi) is 6.40. The van der Waals surface area contributed by atoms with Gasteiger partial charge in [0.25, 0.3) is 5.91 Å². The molecule has 0 aromatic heterocycles. The number of ether oxygens (including phenoxy) is 1. The number of nitriles is 1. The molecule has 186 valence electrons. The lowest BCUT2D eigenvalue weighted by Gasteiger charge is -2.29. The minimum atomic E-state index is -0.868. The minimum Gasteiger partial charge on any atom is -0.493 e. The van der Waals surface area contributed by atoms with Crippen molar-refractivity contribution >= 4 is 23.5 Å². The van der Waals surface area contributed by atoms with Gasteiger partial charge in [0, 0.05) is 40.6 Å². The number of anilines is 1. The maximum atomic E-state index is 13.4. The van der Waals surface area contributed by atoms with E-state index < -0.39 is 5.97 Å². The van der Waals surface area contributed by atoms with Crippen LogP contribution in [0.15, 0.2) is 36.4 Å². The van der Waals surface area contributed by atoms with Crippen LogP contribution in [0.3, 0.4) is 0 Å². The zero-order valence-electron chi connectivity index (χ0n) is 20.0. The molecule has 2 aromatic rings. The Balaban J connectivity index is 1.34. The average Bonchev–Trinajstić information content (AvgIpc) is 3.56. The molecule has 2 atom stereocenters. The summed E-state index contributed by atoms with van der Waals surface area (Å²) in [4.78, 5) is 37.1. The van der Waals surface area contributed by atoms with Crippen molar-refractivity contribution in [3.63, 3.8) is 0 Å². The van der Waals surface area contributed by atoms with Crippen LogP contribution in [-0.4, -0.2) is 35.5 Å². The van der Waals surface area contributed by atoms with Gasteiger partial charge in [-0.25, -0.2) is 0 Å². The summed E-state index contributed by atoms with van der Waals surface area (Å²) in [5.41, 5.74) is 2.90. The second-order valence-corrected chi connectivity index (χ2v) is 10.0. The van der Waals surface area contributed by atoms with Crippen LogP contribution >= 0.6 is 0 Å². The summed E-state index contributed by atoms with van der Waals surface area (Å²) in [7, 11) is 0. The van der Waals surface area contributed by atoms with Crippen molar-refractivity contribution in [2.75, 3.05) is 11.9 Å². The molecule has 0 bridgehead atoms. The highest BCUT2D eigenvalue weighted by Gasteiger charge is 2.61. The third-order valence-electron chi connectivity index (χ3n) is 7.75. The number of aliphatic carboxylic acids is 1. The average molecular weight is 488 g/mol. The number of carboxylic acids is 1. The van der Waals surface area contributed by atoms with Crippen molar-refractivity contribution < 1.29 is 24.2 Å². The largest absolute Gasteiger partial charge is 0.493 e. The van der Waals surface area contributed by atoms with E-state index in [-0.39, 0.29) is 35.6 Å². The van der Waals surface area contributed by atoms with Gasteiger partial charge in [-0.2, -0.15) is 5.26 Å². The van der Waals surface area contributed by atoms with E-state index in [4.69, 9.17) is 9.84 Å². The number of nitrogens with one attached hydrogen (secondary N) is 2. The summed E-state index contributed by atoms with van der Waals surface area (Å²) in [6.07, 6.45) is 5.47. The number of rotatable bonds is 8. The second kappa shape index (κ2) is 9.65. The number of nitrogens with zero attached hydrogens (tertiary/aromatic N) is 1. The maximum Gasteiger partial charge on any atom is 0.303 e. The summed E-state index contributed by atoms with van der Waals surface area (Å²) in [6, 6.07) is 12.9.